The second-order valence-electron chi connectivity index (χ2n) is 6.75. The molecule has 2 heterocycles. The number of hydrogen-bond donors (Lipinski definition) is 1. The number of carbonyl (C=O) groups is 1. The molecule has 7 heteroatoms. The smallest absolute Gasteiger partial charge is 0.255 e. The van der Waals surface area contributed by atoms with Crippen molar-refractivity contribution >= 4 is 11.6 Å². The zero-order valence-corrected chi connectivity index (χ0v) is 16.2. The number of carbonyl (C=O) groups excluding carboxylic acids is 1. The number of nitrogens with one attached hydrogen (secondary N) is 1. The summed E-state index contributed by atoms with van der Waals surface area (Å²) in [4.78, 5) is 18.7. The second-order valence-corrected chi connectivity index (χ2v) is 6.75. The molecule has 0 unspecified atom stereocenters. The van der Waals surface area contributed by atoms with Gasteiger partial charge >= 0.3 is 0 Å². The van der Waals surface area contributed by atoms with E-state index in [0.717, 1.165) is 17.8 Å². The maximum atomic E-state index is 12.5. The number of rotatable bonds is 6. The van der Waals surface area contributed by atoms with Gasteiger partial charge in [-0.2, -0.15) is 10.4 Å². The third kappa shape index (κ3) is 4.61. The molecule has 0 radical (unpaired) electrons. The van der Waals surface area contributed by atoms with E-state index in [9.17, 15) is 4.79 Å². The maximum absolute atomic E-state index is 12.5. The Kier molecular flexibility index (Phi) is 5.82. The predicted octanol–water partition coefficient (Wildman–Crippen LogP) is 2.88. The van der Waals surface area contributed by atoms with E-state index in [0.29, 0.717) is 23.5 Å². The molecule has 1 aromatic carbocycles. The number of amides is 1. The molecule has 0 atom stereocenters. The molecule has 0 bridgehead atoms. The van der Waals surface area contributed by atoms with Crippen LogP contribution in [-0.4, -0.2) is 32.6 Å². The van der Waals surface area contributed by atoms with E-state index in [2.05, 4.69) is 27.2 Å². The summed E-state index contributed by atoms with van der Waals surface area (Å²) in [5, 5.41) is 15.9. The van der Waals surface area contributed by atoms with Crippen LogP contribution < -0.4 is 5.32 Å². The highest BCUT2D eigenvalue weighted by Gasteiger charge is 2.10. The quantitative estimate of drug-likeness (QED) is 0.717. The van der Waals surface area contributed by atoms with Crippen LogP contribution in [0.2, 0.25) is 0 Å². The summed E-state index contributed by atoms with van der Waals surface area (Å²) in [6.07, 6.45) is 3.37. The van der Waals surface area contributed by atoms with Crippen molar-refractivity contribution < 1.29 is 4.79 Å². The van der Waals surface area contributed by atoms with Gasteiger partial charge in [0.15, 0.2) is 0 Å². The third-order valence-corrected chi connectivity index (χ3v) is 4.55. The van der Waals surface area contributed by atoms with Gasteiger partial charge in [0.1, 0.15) is 11.8 Å². The number of hydrogen-bond acceptors (Lipinski definition) is 5. The van der Waals surface area contributed by atoms with Gasteiger partial charge in [0, 0.05) is 37.0 Å². The second kappa shape index (κ2) is 8.46. The molecule has 0 aliphatic heterocycles. The van der Waals surface area contributed by atoms with E-state index in [-0.39, 0.29) is 5.91 Å². The highest BCUT2D eigenvalue weighted by Crippen LogP contribution is 2.14. The van der Waals surface area contributed by atoms with Crippen molar-refractivity contribution in [3.63, 3.8) is 0 Å². The Bertz CT molecular complexity index is 1020. The highest BCUT2D eigenvalue weighted by molar-refractivity contribution is 6.04. The van der Waals surface area contributed by atoms with Crippen LogP contribution in [0.3, 0.4) is 0 Å². The fourth-order valence-electron chi connectivity index (χ4n) is 2.91. The van der Waals surface area contributed by atoms with Crippen LogP contribution in [0.1, 0.15) is 32.9 Å². The van der Waals surface area contributed by atoms with E-state index in [1.54, 1.807) is 18.2 Å². The molecule has 3 rings (SSSR count). The number of benzene rings is 1. The van der Waals surface area contributed by atoms with Crippen LogP contribution in [0.5, 0.6) is 0 Å². The Labute approximate surface area is 164 Å². The molecule has 1 amide bonds. The van der Waals surface area contributed by atoms with Crippen molar-refractivity contribution in [3.8, 4) is 6.07 Å². The molecular weight excluding hydrogens is 352 g/mol. The largest absolute Gasteiger partial charge is 0.321 e. The Morgan fingerprint density at radius 3 is 2.71 bits per heavy atom. The van der Waals surface area contributed by atoms with Crippen molar-refractivity contribution in [1.29, 1.82) is 5.26 Å². The van der Waals surface area contributed by atoms with Crippen LogP contribution in [0.15, 0.2) is 48.8 Å². The third-order valence-electron chi connectivity index (χ3n) is 4.55. The molecule has 0 aliphatic rings. The molecule has 0 saturated carbocycles. The first-order chi connectivity index (χ1) is 13.5. The number of nitriles is 1. The van der Waals surface area contributed by atoms with Crippen LogP contribution in [-0.2, 0) is 20.1 Å². The first-order valence-corrected chi connectivity index (χ1v) is 8.88. The summed E-state index contributed by atoms with van der Waals surface area (Å²) in [6, 6.07) is 12.7. The molecule has 0 fully saturated rings. The minimum Gasteiger partial charge on any atom is -0.321 e. The van der Waals surface area contributed by atoms with Gasteiger partial charge in [-0.1, -0.05) is 12.1 Å². The minimum atomic E-state index is -0.209. The Hall–Kier alpha value is -3.50. The zero-order chi connectivity index (χ0) is 20.1. The Morgan fingerprint density at radius 1 is 1.25 bits per heavy atom. The molecule has 142 valence electrons. The lowest BCUT2D eigenvalue weighted by Crippen LogP contribution is -2.18. The molecule has 2 aromatic heterocycles. The molecule has 0 saturated heterocycles. The van der Waals surface area contributed by atoms with Crippen LogP contribution in [0.4, 0.5) is 5.69 Å². The topological polar surface area (TPSA) is 86.8 Å². The molecule has 3 aromatic rings. The van der Waals surface area contributed by atoms with E-state index in [4.69, 9.17) is 5.26 Å². The first kappa shape index (κ1) is 19.3. The lowest BCUT2D eigenvalue weighted by Gasteiger charge is -2.17. The molecule has 0 spiro atoms. The van der Waals surface area contributed by atoms with Gasteiger partial charge in [0.25, 0.3) is 5.91 Å². The van der Waals surface area contributed by atoms with Gasteiger partial charge in [-0.25, -0.2) is 4.98 Å². The average Bonchev–Trinajstić information content (AvgIpc) is 3.00. The van der Waals surface area contributed by atoms with E-state index >= 15 is 0 Å². The number of anilines is 1. The number of aromatic nitrogens is 3. The normalized spacial score (nSPS) is 10.7. The lowest BCUT2D eigenvalue weighted by molar-refractivity contribution is 0.102. The SMILES string of the molecule is Cc1c(CN(C)Cc2cccc(C(=O)Nc3ccc(C#N)nc3)c2)cnn1C. The van der Waals surface area contributed by atoms with Crippen LogP contribution >= 0.6 is 0 Å². The van der Waals surface area contributed by atoms with Gasteiger partial charge < -0.3 is 5.32 Å². The van der Waals surface area contributed by atoms with Crippen molar-refractivity contribution in [2.24, 2.45) is 7.05 Å². The first-order valence-electron chi connectivity index (χ1n) is 8.88. The van der Waals surface area contributed by atoms with Gasteiger partial charge in [-0.3, -0.25) is 14.4 Å². The van der Waals surface area contributed by atoms with Crippen molar-refractivity contribution in [2.45, 2.75) is 20.0 Å². The summed E-state index contributed by atoms with van der Waals surface area (Å²) < 4.78 is 1.87. The number of nitrogens with zero attached hydrogens (tertiary/aromatic N) is 5. The van der Waals surface area contributed by atoms with Gasteiger partial charge in [-0.05, 0) is 43.8 Å². The minimum absolute atomic E-state index is 0.209. The Morgan fingerprint density at radius 2 is 2.07 bits per heavy atom. The number of pyridine rings is 1. The summed E-state index contributed by atoms with van der Waals surface area (Å²) in [6.45, 7) is 3.56. The lowest BCUT2D eigenvalue weighted by atomic mass is 10.1. The van der Waals surface area contributed by atoms with Crippen LogP contribution in [0, 0.1) is 18.3 Å². The molecule has 0 aliphatic carbocycles. The molecule has 7 nitrogen and oxygen atoms in total. The van der Waals surface area contributed by atoms with Crippen molar-refractivity contribution in [2.75, 3.05) is 12.4 Å². The summed E-state index contributed by atoms with van der Waals surface area (Å²) in [7, 11) is 3.98. The monoisotopic (exact) mass is 374 g/mol. The Balaban J connectivity index is 1.64. The van der Waals surface area contributed by atoms with E-state index < -0.39 is 0 Å². The summed E-state index contributed by atoms with van der Waals surface area (Å²) >= 11 is 0. The van der Waals surface area contributed by atoms with Crippen LogP contribution in [0.25, 0.3) is 0 Å². The zero-order valence-electron chi connectivity index (χ0n) is 16.2. The van der Waals surface area contributed by atoms with Gasteiger partial charge in [0.2, 0.25) is 0 Å². The van der Waals surface area contributed by atoms with E-state index in [1.807, 2.05) is 49.2 Å². The standard InChI is InChI=1S/C21H22N6O/c1-15-18(11-24-27(15)3)14-26(2)13-16-5-4-6-17(9-16)21(28)25-20-8-7-19(10-22)23-12-20/h4-9,11-12H,13-14H2,1-3H3,(H,25,28). The molecule has 28 heavy (non-hydrogen) atoms. The van der Waals surface area contributed by atoms with Gasteiger partial charge in [0.05, 0.1) is 18.1 Å². The van der Waals surface area contributed by atoms with Crippen molar-refractivity contribution in [1.82, 2.24) is 19.7 Å². The highest BCUT2D eigenvalue weighted by atomic mass is 16.1. The molecule has 1 N–H and O–H groups in total. The fourth-order valence-corrected chi connectivity index (χ4v) is 2.91. The fraction of sp³-hybridized carbons (Fsp3) is 0.238. The van der Waals surface area contributed by atoms with E-state index in [1.165, 1.54) is 11.8 Å². The van der Waals surface area contributed by atoms with Gasteiger partial charge in [-0.15, -0.1) is 0 Å². The van der Waals surface area contributed by atoms with Crippen molar-refractivity contribution in [3.05, 3.63) is 76.9 Å². The molecular formula is C21H22N6O. The predicted molar refractivity (Wildman–Crippen MR) is 106 cm³/mol. The maximum Gasteiger partial charge on any atom is 0.255 e. The summed E-state index contributed by atoms with van der Waals surface area (Å²) in [5.41, 5.74) is 4.83. The average molecular weight is 374 g/mol. The summed E-state index contributed by atoms with van der Waals surface area (Å²) in [5.74, 6) is -0.209. The number of aryl methyl sites for hydroxylation is 1.